The van der Waals surface area contributed by atoms with E-state index >= 15 is 0 Å². The molecule has 2 aromatic rings. The number of rotatable bonds is 4. The smallest absolute Gasteiger partial charge is 0.263 e. The SMILES string of the molecule is O=S(=O)(Nc1cn[nH]c1)c1ccccc1C#CCCO. The third kappa shape index (κ3) is 3.38. The Bertz CT molecular complexity index is 728. The Hall–Kier alpha value is -2.30. The normalized spacial score (nSPS) is 10.7. The van der Waals surface area contributed by atoms with Crippen molar-refractivity contribution in [3.63, 3.8) is 0 Å². The molecule has 1 aromatic carbocycles. The summed E-state index contributed by atoms with van der Waals surface area (Å²) < 4.78 is 27.0. The van der Waals surface area contributed by atoms with Gasteiger partial charge in [0, 0.05) is 18.2 Å². The van der Waals surface area contributed by atoms with Crippen LogP contribution in [0.4, 0.5) is 5.69 Å². The molecule has 0 amide bonds. The van der Waals surface area contributed by atoms with Crippen LogP contribution < -0.4 is 4.72 Å². The first kappa shape index (κ1) is 14.1. The van der Waals surface area contributed by atoms with Crippen molar-refractivity contribution < 1.29 is 13.5 Å². The fourth-order valence-electron chi connectivity index (χ4n) is 1.53. The molecule has 2 rings (SSSR count). The van der Waals surface area contributed by atoms with E-state index in [1.807, 2.05) is 0 Å². The van der Waals surface area contributed by atoms with E-state index in [4.69, 9.17) is 5.11 Å². The molecule has 104 valence electrons. The molecule has 0 atom stereocenters. The lowest BCUT2D eigenvalue weighted by Gasteiger charge is -2.07. The summed E-state index contributed by atoms with van der Waals surface area (Å²) in [4.78, 5) is 0.0895. The van der Waals surface area contributed by atoms with E-state index < -0.39 is 10.0 Å². The van der Waals surface area contributed by atoms with Crippen LogP contribution in [0.25, 0.3) is 0 Å². The molecule has 6 nitrogen and oxygen atoms in total. The lowest BCUT2D eigenvalue weighted by Crippen LogP contribution is -2.13. The predicted molar refractivity (Wildman–Crippen MR) is 74.4 cm³/mol. The minimum absolute atomic E-state index is 0.0603. The highest BCUT2D eigenvalue weighted by molar-refractivity contribution is 7.92. The number of benzene rings is 1. The number of aromatic amines is 1. The number of H-pyrrole nitrogens is 1. The molecular weight excluding hydrogens is 278 g/mol. The maximum atomic E-state index is 12.3. The van der Waals surface area contributed by atoms with Crippen molar-refractivity contribution in [2.75, 3.05) is 11.3 Å². The molecule has 1 heterocycles. The van der Waals surface area contributed by atoms with E-state index in [-0.39, 0.29) is 11.5 Å². The van der Waals surface area contributed by atoms with Gasteiger partial charge in [0.1, 0.15) is 4.90 Å². The number of anilines is 1. The standard InChI is InChI=1S/C13H13N3O3S/c17-8-4-3-6-11-5-1-2-7-13(11)20(18,19)16-12-9-14-15-10-12/h1-2,5,7,9-10,16-17H,4,8H2,(H,14,15). The largest absolute Gasteiger partial charge is 0.395 e. The summed E-state index contributed by atoms with van der Waals surface area (Å²) >= 11 is 0. The minimum Gasteiger partial charge on any atom is -0.395 e. The quantitative estimate of drug-likeness (QED) is 0.731. The van der Waals surface area contributed by atoms with Crippen LogP contribution in [0.3, 0.4) is 0 Å². The number of aromatic nitrogens is 2. The first-order valence-corrected chi connectivity index (χ1v) is 7.32. The van der Waals surface area contributed by atoms with Gasteiger partial charge in [-0.05, 0) is 12.1 Å². The number of nitrogens with zero attached hydrogens (tertiary/aromatic N) is 1. The molecule has 1 aromatic heterocycles. The molecule has 0 fully saturated rings. The van der Waals surface area contributed by atoms with Crippen molar-refractivity contribution in [2.45, 2.75) is 11.3 Å². The number of hydrogen-bond acceptors (Lipinski definition) is 4. The second-order valence-electron chi connectivity index (χ2n) is 3.86. The van der Waals surface area contributed by atoms with E-state index in [9.17, 15) is 8.42 Å². The molecule has 7 heteroatoms. The average molecular weight is 291 g/mol. The van der Waals surface area contributed by atoms with Crippen LogP contribution in [0.5, 0.6) is 0 Å². The van der Waals surface area contributed by atoms with Gasteiger partial charge in [-0.2, -0.15) is 5.10 Å². The second kappa shape index (κ2) is 6.23. The Morgan fingerprint density at radius 1 is 1.35 bits per heavy atom. The molecule has 3 N–H and O–H groups in total. The van der Waals surface area contributed by atoms with Crippen LogP contribution in [0.1, 0.15) is 12.0 Å². The van der Waals surface area contributed by atoms with Gasteiger partial charge in [-0.1, -0.05) is 24.0 Å². The zero-order valence-corrected chi connectivity index (χ0v) is 11.3. The molecule has 0 radical (unpaired) electrons. The number of aliphatic hydroxyl groups is 1. The first-order chi connectivity index (χ1) is 9.63. The Kier molecular flexibility index (Phi) is 4.40. The molecule has 0 aliphatic carbocycles. The number of aliphatic hydroxyl groups excluding tert-OH is 1. The molecule has 0 saturated carbocycles. The van der Waals surface area contributed by atoms with Crippen molar-refractivity contribution in [1.29, 1.82) is 0 Å². The van der Waals surface area contributed by atoms with Crippen LogP contribution in [0.2, 0.25) is 0 Å². The van der Waals surface area contributed by atoms with Crippen molar-refractivity contribution in [3.8, 4) is 11.8 Å². The molecule has 0 bridgehead atoms. The van der Waals surface area contributed by atoms with Crippen LogP contribution in [-0.2, 0) is 10.0 Å². The topological polar surface area (TPSA) is 95.1 Å². The Morgan fingerprint density at radius 3 is 2.85 bits per heavy atom. The molecular formula is C13H13N3O3S. The fraction of sp³-hybridized carbons (Fsp3) is 0.154. The Morgan fingerprint density at radius 2 is 2.15 bits per heavy atom. The van der Waals surface area contributed by atoms with Crippen LogP contribution in [0.15, 0.2) is 41.6 Å². The van der Waals surface area contributed by atoms with Crippen LogP contribution >= 0.6 is 0 Å². The fourth-order valence-corrected chi connectivity index (χ4v) is 2.73. The third-order valence-corrected chi connectivity index (χ3v) is 3.83. The molecule has 20 heavy (non-hydrogen) atoms. The molecule has 0 aliphatic rings. The van der Waals surface area contributed by atoms with Crippen molar-refractivity contribution in [1.82, 2.24) is 10.2 Å². The van der Waals surface area contributed by atoms with E-state index in [1.165, 1.54) is 18.5 Å². The zero-order valence-electron chi connectivity index (χ0n) is 10.5. The Labute approximate surface area is 116 Å². The van der Waals surface area contributed by atoms with Gasteiger partial charge in [-0.15, -0.1) is 0 Å². The van der Waals surface area contributed by atoms with Crippen LogP contribution in [0, 0.1) is 11.8 Å². The molecule has 0 saturated heterocycles. The van der Waals surface area contributed by atoms with E-state index in [1.54, 1.807) is 18.2 Å². The van der Waals surface area contributed by atoms with Gasteiger partial charge in [0.05, 0.1) is 18.5 Å². The maximum Gasteiger partial charge on any atom is 0.263 e. The van der Waals surface area contributed by atoms with Crippen molar-refractivity contribution in [2.24, 2.45) is 0 Å². The number of hydrogen-bond donors (Lipinski definition) is 3. The van der Waals surface area contributed by atoms with Gasteiger partial charge in [0.2, 0.25) is 0 Å². The van der Waals surface area contributed by atoms with E-state index in [2.05, 4.69) is 26.8 Å². The van der Waals surface area contributed by atoms with E-state index in [0.29, 0.717) is 17.7 Å². The Balaban J connectivity index is 2.35. The average Bonchev–Trinajstić information content (AvgIpc) is 2.91. The second-order valence-corrected chi connectivity index (χ2v) is 5.51. The lowest BCUT2D eigenvalue weighted by molar-refractivity contribution is 0.305. The number of sulfonamides is 1. The van der Waals surface area contributed by atoms with Gasteiger partial charge in [0.15, 0.2) is 0 Å². The predicted octanol–water partition coefficient (Wildman–Crippen LogP) is 0.944. The van der Waals surface area contributed by atoms with Crippen molar-refractivity contribution in [3.05, 3.63) is 42.2 Å². The summed E-state index contributed by atoms with van der Waals surface area (Å²) in [6.07, 6.45) is 3.11. The summed E-state index contributed by atoms with van der Waals surface area (Å²) in [7, 11) is -3.73. The van der Waals surface area contributed by atoms with Gasteiger partial charge >= 0.3 is 0 Å². The van der Waals surface area contributed by atoms with Crippen molar-refractivity contribution >= 4 is 15.7 Å². The molecule has 0 unspecified atom stereocenters. The van der Waals surface area contributed by atoms with Gasteiger partial charge < -0.3 is 5.11 Å². The van der Waals surface area contributed by atoms with Gasteiger partial charge in [-0.3, -0.25) is 9.82 Å². The highest BCUT2D eigenvalue weighted by Crippen LogP contribution is 2.18. The van der Waals surface area contributed by atoms with Gasteiger partial charge in [-0.25, -0.2) is 8.42 Å². The summed E-state index contributed by atoms with van der Waals surface area (Å²) in [5, 5.41) is 14.9. The van der Waals surface area contributed by atoms with Crippen LogP contribution in [-0.4, -0.2) is 30.3 Å². The monoisotopic (exact) mass is 291 g/mol. The third-order valence-electron chi connectivity index (χ3n) is 2.39. The first-order valence-electron chi connectivity index (χ1n) is 5.84. The minimum atomic E-state index is -3.73. The number of nitrogens with one attached hydrogen (secondary N) is 2. The highest BCUT2D eigenvalue weighted by Gasteiger charge is 2.17. The maximum absolute atomic E-state index is 12.3. The zero-order chi connectivity index (χ0) is 14.4. The van der Waals surface area contributed by atoms with Gasteiger partial charge in [0.25, 0.3) is 10.0 Å². The molecule has 0 spiro atoms. The summed E-state index contributed by atoms with van der Waals surface area (Å²) in [5.74, 6) is 5.46. The summed E-state index contributed by atoms with van der Waals surface area (Å²) in [6, 6.07) is 6.43. The highest BCUT2D eigenvalue weighted by atomic mass is 32.2. The molecule has 0 aliphatic heterocycles. The summed E-state index contributed by atoms with van der Waals surface area (Å²) in [5.41, 5.74) is 0.736. The summed E-state index contributed by atoms with van der Waals surface area (Å²) in [6.45, 7) is -0.0603. The lowest BCUT2D eigenvalue weighted by atomic mass is 10.2. The van der Waals surface area contributed by atoms with E-state index in [0.717, 1.165) is 0 Å².